The van der Waals surface area contributed by atoms with E-state index in [1.54, 1.807) is 0 Å². The number of nitrogens with zero attached hydrogens (tertiary/aromatic N) is 1. The molecule has 0 radical (unpaired) electrons. The molecule has 0 heterocycles. The number of hydrogen-bond acceptors (Lipinski definition) is 1. The van der Waals surface area contributed by atoms with Crippen LogP contribution in [0.5, 0.6) is 0 Å². The smallest absolute Gasteiger partial charge is 0.0998 e. The molecule has 0 aliphatic rings. The van der Waals surface area contributed by atoms with Gasteiger partial charge < -0.3 is 0 Å². The summed E-state index contributed by atoms with van der Waals surface area (Å²) in [6, 6.07) is 27.3. The molecule has 0 amide bonds. The van der Waals surface area contributed by atoms with Gasteiger partial charge in [-0.15, -0.1) is 0 Å². The molecule has 108 valence electrons. The van der Waals surface area contributed by atoms with Crippen LogP contribution in [0.3, 0.4) is 0 Å². The molecule has 0 atom stereocenters. The van der Waals surface area contributed by atoms with Crippen molar-refractivity contribution >= 4 is 21.5 Å². The lowest BCUT2D eigenvalue weighted by molar-refractivity contribution is 1.46. The predicted octanol–water partition coefficient (Wildman–Crippen LogP) is 5.84. The van der Waals surface area contributed by atoms with E-state index in [1.807, 2.05) is 24.3 Å². The summed E-state index contributed by atoms with van der Waals surface area (Å²) < 4.78 is 0. The van der Waals surface area contributed by atoms with E-state index in [1.165, 1.54) is 16.3 Å². The molecule has 0 fully saturated rings. The fraction of sp³-hybridized carbons (Fsp3) is 0.0455. The maximum Gasteiger partial charge on any atom is 0.0998 e. The van der Waals surface area contributed by atoms with Gasteiger partial charge in [-0.3, -0.25) is 0 Å². The lowest BCUT2D eigenvalue weighted by atomic mass is 9.88. The zero-order valence-electron chi connectivity index (χ0n) is 12.9. The van der Waals surface area contributed by atoms with Crippen molar-refractivity contribution in [3.05, 3.63) is 83.9 Å². The Hall–Kier alpha value is -3.11. The summed E-state index contributed by atoms with van der Waals surface area (Å²) in [5.41, 5.74) is 4.12. The van der Waals surface area contributed by atoms with E-state index in [9.17, 15) is 5.26 Å². The molecular formula is C22H15N. The second kappa shape index (κ2) is 5.26. The average Bonchev–Trinajstić information content (AvgIpc) is 2.61. The summed E-state index contributed by atoms with van der Waals surface area (Å²) in [6.07, 6.45) is 0. The second-order valence-corrected chi connectivity index (χ2v) is 5.80. The maximum atomic E-state index is 9.65. The SMILES string of the molecule is Cc1ccc2ccccc2c1-c1c(C#N)ccc2ccccc12. The van der Waals surface area contributed by atoms with Gasteiger partial charge in [0.05, 0.1) is 11.6 Å². The molecule has 1 nitrogen and oxygen atoms in total. The number of aryl methyl sites for hydroxylation is 1. The molecule has 0 saturated carbocycles. The van der Waals surface area contributed by atoms with Gasteiger partial charge >= 0.3 is 0 Å². The van der Waals surface area contributed by atoms with Crippen LogP contribution in [-0.4, -0.2) is 0 Å². The minimum absolute atomic E-state index is 0.725. The largest absolute Gasteiger partial charge is 0.192 e. The number of nitriles is 1. The van der Waals surface area contributed by atoms with E-state index in [2.05, 4.69) is 61.5 Å². The van der Waals surface area contributed by atoms with Crippen molar-refractivity contribution < 1.29 is 0 Å². The van der Waals surface area contributed by atoms with Gasteiger partial charge in [0, 0.05) is 5.56 Å². The van der Waals surface area contributed by atoms with E-state index in [0.717, 1.165) is 27.5 Å². The molecule has 0 aliphatic carbocycles. The van der Waals surface area contributed by atoms with Crippen molar-refractivity contribution in [3.8, 4) is 17.2 Å². The predicted molar refractivity (Wildman–Crippen MR) is 96.3 cm³/mol. The lowest BCUT2D eigenvalue weighted by Gasteiger charge is -2.15. The minimum atomic E-state index is 0.725. The molecular weight excluding hydrogens is 278 g/mol. The quantitative estimate of drug-likeness (QED) is 0.432. The van der Waals surface area contributed by atoms with Crippen LogP contribution in [-0.2, 0) is 0 Å². The highest BCUT2D eigenvalue weighted by molar-refractivity contribution is 6.08. The molecule has 0 bridgehead atoms. The minimum Gasteiger partial charge on any atom is -0.192 e. The number of rotatable bonds is 1. The van der Waals surface area contributed by atoms with Crippen LogP contribution in [0.4, 0.5) is 0 Å². The molecule has 0 spiro atoms. The molecule has 0 unspecified atom stereocenters. The standard InChI is InChI=1S/C22H15N/c1-15-10-11-16-6-2-4-8-19(16)21(15)22-18(14-23)13-12-17-7-3-5-9-20(17)22/h2-13H,1H3. The molecule has 23 heavy (non-hydrogen) atoms. The van der Waals surface area contributed by atoms with Crippen LogP contribution in [0, 0.1) is 18.3 Å². The number of fused-ring (bicyclic) bond motifs is 2. The summed E-state index contributed by atoms with van der Waals surface area (Å²) in [5.74, 6) is 0. The van der Waals surface area contributed by atoms with Crippen molar-refractivity contribution in [1.82, 2.24) is 0 Å². The van der Waals surface area contributed by atoms with Gasteiger partial charge in [-0.2, -0.15) is 5.26 Å². The second-order valence-electron chi connectivity index (χ2n) is 5.80. The van der Waals surface area contributed by atoms with Crippen LogP contribution < -0.4 is 0 Å². The van der Waals surface area contributed by atoms with Crippen molar-refractivity contribution in [1.29, 1.82) is 5.26 Å². The third kappa shape index (κ3) is 2.08. The van der Waals surface area contributed by atoms with Gasteiger partial charge in [-0.1, -0.05) is 66.7 Å². The van der Waals surface area contributed by atoms with Crippen molar-refractivity contribution in [2.24, 2.45) is 0 Å². The van der Waals surface area contributed by atoms with E-state index in [-0.39, 0.29) is 0 Å². The van der Waals surface area contributed by atoms with Crippen LogP contribution in [0.2, 0.25) is 0 Å². The summed E-state index contributed by atoms with van der Waals surface area (Å²) in [5, 5.41) is 14.3. The molecule has 4 aromatic carbocycles. The molecule has 0 aromatic heterocycles. The third-order valence-corrected chi connectivity index (χ3v) is 4.44. The Kier molecular flexibility index (Phi) is 3.10. The fourth-order valence-electron chi connectivity index (χ4n) is 3.35. The Labute approximate surface area is 135 Å². The van der Waals surface area contributed by atoms with Gasteiger partial charge in [0.1, 0.15) is 0 Å². The van der Waals surface area contributed by atoms with Crippen molar-refractivity contribution in [2.45, 2.75) is 6.92 Å². The first-order chi connectivity index (χ1) is 11.3. The number of hydrogen-bond donors (Lipinski definition) is 0. The highest BCUT2D eigenvalue weighted by atomic mass is 14.3. The van der Waals surface area contributed by atoms with E-state index in [4.69, 9.17) is 0 Å². The topological polar surface area (TPSA) is 23.8 Å². The van der Waals surface area contributed by atoms with Crippen LogP contribution in [0.15, 0.2) is 72.8 Å². The van der Waals surface area contributed by atoms with E-state index < -0.39 is 0 Å². The zero-order valence-corrected chi connectivity index (χ0v) is 12.9. The van der Waals surface area contributed by atoms with E-state index in [0.29, 0.717) is 0 Å². The van der Waals surface area contributed by atoms with Gasteiger partial charge in [0.25, 0.3) is 0 Å². The first-order valence-corrected chi connectivity index (χ1v) is 7.70. The van der Waals surface area contributed by atoms with Gasteiger partial charge in [-0.25, -0.2) is 0 Å². The Morgan fingerprint density at radius 2 is 1.22 bits per heavy atom. The fourth-order valence-corrected chi connectivity index (χ4v) is 3.35. The Morgan fingerprint density at radius 1 is 0.652 bits per heavy atom. The Bertz CT molecular complexity index is 1080. The normalized spacial score (nSPS) is 10.8. The Balaban J connectivity index is 2.24. The van der Waals surface area contributed by atoms with Gasteiger partial charge in [-0.05, 0) is 45.7 Å². The van der Waals surface area contributed by atoms with Crippen molar-refractivity contribution in [2.75, 3.05) is 0 Å². The summed E-state index contributed by atoms with van der Waals surface area (Å²) in [4.78, 5) is 0. The highest BCUT2D eigenvalue weighted by Gasteiger charge is 2.14. The molecule has 4 rings (SSSR count). The Morgan fingerprint density at radius 3 is 1.87 bits per heavy atom. The lowest BCUT2D eigenvalue weighted by Crippen LogP contribution is -1.92. The summed E-state index contributed by atoms with van der Waals surface area (Å²) in [6.45, 7) is 2.12. The molecule has 0 saturated heterocycles. The average molecular weight is 293 g/mol. The summed E-state index contributed by atoms with van der Waals surface area (Å²) >= 11 is 0. The maximum absolute atomic E-state index is 9.65. The molecule has 0 aliphatic heterocycles. The number of benzene rings is 4. The first-order valence-electron chi connectivity index (χ1n) is 7.70. The van der Waals surface area contributed by atoms with Crippen molar-refractivity contribution in [3.63, 3.8) is 0 Å². The molecule has 0 N–H and O–H groups in total. The summed E-state index contributed by atoms with van der Waals surface area (Å²) in [7, 11) is 0. The third-order valence-electron chi connectivity index (χ3n) is 4.44. The zero-order chi connectivity index (χ0) is 15.8. The van der Waals surface area contributed by atoms with Crippen LogP contribution in [0.25, 0.3) is 32.7 Å². The highest BCUT2D eigenvalue weighted by Crippen LogP contribution is 2.38. The first kappa shape index (κ1) is 13.5. The van der Waals surface area contributed by atoms with Crippen LogP contribution >= 0.6 is 0 Å². The van der Waals surface area contributed by atoms with Gasteiger partial charge in [0.15, 0.2) is 0 Å². The monoisotopic (exact) mass is 293 g/mol. The molecule has 4 aromatic rings. The molecule has 1 heteroatoms. The van der Waals surface area contributed by atoms with Gasteiger partial charge in [0.2, 0.25) is 0 Å². The van der Waals surface area contributed by atoms with Crippen LogP contribution in [0.1, 0.15) is 11.1 Å². The van der Waals surface area contributed by atoms with E-state index >= 15 is 0 Å².